The number of hydrogen-bond acceptors (Lipinski definition) is 6. The molecule has 2 N–H and O–H groups in total. The molecule has 0 aliphatic carbocycles. The molecule has 3 heterocycles. The molecule has 23 heavy (non-hydrogen) atoms. The van der Waals surface area contributed by atoms with Crippen LogP contribution in [-0.4, -0.2) is 52.0 Å². The molecule has 124 valence electrons. The predicted molar refractivity (Wildman–Crippen MR) is 103 cm³/mol. The van der Waals surface area contributed by atoms with Gasteiger partial charge in [0.15, 0.2) is 5.96 Å². The van der Waals surface area contributed by atoms with Gasteiger partial charge < -0.3 is 15.5 Å². The van der Waals surface area contributed by atoms with Crippen molar-refractivity contribution in [2.24, 2.45) is 10.7 Å². The zero-order valence-electron chi connectivity index (χ0n) is 12.9. The lowest BCUT2D eigenvalue weighted by atomic mass is 10.3. The fraction of sp³-hybridized carbons (Fsp3) is 0.429. The van der Waals surface area contributed by atoms with Gasteiger partial charge in [-0.3, -0.25) is 0 Å². The molecule has 2 aromatic rings. The van der Waals surface area contributed by atoms with E-state index in [2.05, 4.69) is 29.7 Å². The minimum Gasteiger partial charge on any atom is -0.370 e. The Kier molecular flexibility index (Phi) is 6.51. The molecule has 7 nitrogen and oxygen atoms in total. The third-order valence-electron chi connectivity index (χ3n) is 3.48. The summed E-state index contributed by atoms with van der Waals surface area (Å²) in [6.45, 7) is 5.87. The summed E-state index contributed by atoms with van der Waals surface area (Å²) >= 11 is 1.62. The molecule has 1 saturated heterocycles. The molecule has 0 bridgehead atoms. The zero-order chi connectivity index (χ0) is 15.4. The molecule has 3 rings (SSSR count). The fourth-order valence-corrected chi connectivity index (χ4v) is 3.01. The summed E-state index contributed by atoms with van der Waals surface area (Å²) in [7, 11) is 0. The van der Waals surface area contributed by atoms with Crippen LogP contribution in [0.4, 0.5) is 5.95 Å². The number of thiazole rings is 1. The normalized spacial score (nSPS) is 15.4. The molecule has 0 saturated carbocycles. The third kappa shape index (κ3) is 4.74. The second-order valence-corrected chi connectivity index (χ2v) is 6.02. The van der Waals surface area contributed by atoms with Gasteiger partial charge in [0.05, 0.1) is 6.54 Å². The summed E-state index contributed by atoms with van der Waals surface area (Å²) in [4.78, 5) is 21.7. The van der Waals surface area contributed by atoms with Crippen LogP contribution in [0.15, 0.2) is 28.8 Å². The number of nitrogens with two attached hydrogens (primary N) is 1. The van der Waals surface area contributed by atoms with Crippen molar-refractivity contribution in [1.29, 1.82) is 0 Å². The number of anilines is 1. The van der Waals surface area contributed by atoms with Gasteiger partial charge in [0, 0.05) is 49.6 Å². The van der Waals surface area contributed by atoms with E-state index in [4.69, 9.17) is 5.73 Å². The predicted octanol–water partition coefficient (Wildman–Crippen LogP) is 1.50. The van der Waals surface area contributed by atoms with Gasteiger partial charge in [0.2, 0.25) is 5.95 Å². The van der Waals surface area contributed by atoms with Crippen LogP contribution in [0, 0.1) is 6.92 Å². The lowest BCUT2D eigenvalue weighted by Gasteiger charge is -2.35. The van der Waals surface area contributed by atoms with E-state index in [0.29, 0.717) is 12.5 Å². The maximum Gasteiger partial charge on any atom is 0.225 e. The van der Waals surface area contributed by atoms with Crippen LogP contribution in [0.5, 0.6) is 0 Å². The van der Waals surface area contributed by atoms with E-state index in [1.165, 1.54) is 0 Å². The van der Waals surface area contributed by atoms with Crippen molar-refractivity contribution < 1.29 is 0 Å². The van der Waals surface area contributed by atoms with Gasteiger partial charge >= 0.3 is 0 Å². The Morgan fingerprint density at radius 1 is 1.26 bits per heavy atom. The molecular weight excluding hydrogens is 425 g/mol. The minimum atomic E-state index is 0. The molecule has 0 aromatic carbocycles. The Morgan fingerprint density at radius 3 is 2.57 bits per heavy atom. The first-order valence-electron chi connectivity index (χ1n) is 7.20. The Labute approximate surface area is 156 Å². The maximum absolute atomic E-state index is 6.09. The monoisotopic (exact) mass is 445 g/mol. The molecule has 1 aliphatic heterocycles. The molecule has 0 unspecified atom stereocenters. The quantitative estimate of drug-likeness (QED) is 0.438. The second kappa shape index (κ2) is 8.39. The topological polar surface area (TPSA) is 83.5 Å². The van der Waals surface area contributed by atoms with Crippen molar-refractivity contribution in [3.63, 3.8) is 0 Å². The van der Waals surface area contributed by atoms with Gasteiger partial charge in [-0.1, -0.05) is 0 Å². The second-order valence-electron chi connectivity index (χ2n) is 5.08. The molecule has 0 radical (unpaired) electrons. The zero-order valence-corrected chi connectivity index (χ0v) is 16.1. The van der Waals surface area contributed by atoms with Crippen molar-refractivity contribution in [3.05, 3.63) is 34.5 Å². The Bertz CT molecular complexity index is 638. The van der Waals surface area contributed by atoms with Crippen LogP contribution >= 0.6 is 35.3 Å². The molecule has 1 aliphatic rings. The van der Waals surface area contributed by atoms with Gasteiger partial charge in [-0.05, 0) is 13.0 Å². The first-order valence-corrected chi connectivity index (χ1v) is 8.08. The lowest BCUT2D eigenvalue weighted by molar-refractivity contribution is 0.378. The number of hydrogen-bond donors (Lipinski definition) is 1. The fourth-order valence-electron chi connectivity index (χ4n) is 2.31. The number of halogens is 1. The highest BCUT2D eigenvalue weighted by Crippen LogP contribution is 2.11. The van der Waals surface area contributed by atoms with Gasteiger partial charge in [-0.2, -0.15) is 0 Å². The van der Waals surface area contributed by atoms with Crippen molar-refractivity contribution in [2.75, 3.05) is 31.1 Å². The number of rotatable bonds is 3. The van der Waals surface area contributed by atoms with Crippen LogP contribution in [-0.2, 0) is 6.54 Å². The van der Waals surface area contributed by atoms with E-state index in [1.54, 1.807) is 23.7 Å². The van der Waals surface area contributed by atoms with E-state index in [9.17, 15) is 0 Å². The first kappa shape index (κ1) is 17.9. The van der Waals surface area contributed by atoms with Crippen molar-refractivity contribution in [1.82, 2.24) is 19.9 Å². The van der Waals surface area contributed by atoms with Gasteiger partial charge in [0.1, 0.15) is 5.01 Å². The molecule has 1 fully saturated rings. The highest BCUT2D eigenvalue weighted by atomic mass is 127. The molecular formula is C14H20IN7S. The van der Waals surface area contributed by atoms with Gasteiger partial charge in [-0.25, -0.2) is 19.9 Å². The summed E-state index contributed by atoms with van der Waals surface area (Å²) in [5.74, 6) is 1.36. The van der Waals surface area contributed by atoms with Crippen molar-refractivity contribution in [3.8, 4) is 0 Å². The highest BCUT2D eigenvalue weighted by molar-refractivity contribution is 14.0. The highest BCUT2D eigenvalue weighted by Gasteiger charge is 2.19. The van der Waals surface area contributed by atoms with Crippen molar-refractivity contribution >= 4 is 47.2 Å². The average molecular weight is 445 g/mol. The first-order chi connectivity index (χ1) is 10.7. The Hall–Kier alpha value is -1.49. The van der Waals surface area contributed by atoms with E-state index in [-0.39, 0.29) is 24.0 Å². The summed E-state index contributed by atoms with van der Waals surface area (Å²) < 4.78 is 0. The molecule has 0 spiro atoms. The number of aromatic nitrogens is 3. The van der Waals surface area contributed by atoms with Crippen LogP contribution < -0.4 is 10.6 Å². The molecule has 0 amide bonds. The van der Waals surface area contributed by atoms with E-state index >= 15 is 0 Å². The summed E-state index contributed by atoms with van der Waals surface area (Å²) in [5.41, 5.74) is 7.12. The number of nitrogens with zero attached hydrogens (tertiary/aromatic N) is 6. The summed E-state index contributed by atoms with van der Waals surface area (Å²) in [6.07, 6.45) is 3.53. The average Bonchev–Trinajstić information content (AvgIpc) is 2.99. The summed E-state index contributed by atoms with van der Waals surface area (Å²) in [6, 6.07) is 1.82. The standard InChI is InChI=1S/C14H19N7S.HI/c1-11-10-22-12(19-11)9-18-13(15)20-5-7-21(8-6-20)14-16-3-2-4-17-14;/h2-4,10H,5-9H2,1H3,(H2,15,18);1H. The van der Waals surface area contributed by atoms with E-state index < -0.39 is 0 Å². The molecule has 9 heteroatoms. The number of aryl methyl sites for hydroxylation is 1. The number of aliphatic imine (C=N–C) groups is 1. The SMILES string of the molecule is Cc1csc(CN=C(N)N2CCN(c3ncccn3)CC2)n1.I. The maximum atomic E-state index is 6.09. The smallest absolute Gasteiger partial charge is 0.225 e. The van der Waals surface area contributed by atoms with Crippen molar-refractivity contribution in [2.45, 2.75) is 13.5 Å². The van der Waals surface area contributed by atoms with E-state index in [1.807, 2.05) is 18.4 Å². The van der Waals surface area contributed by atoms with Crippen LogP contribution in [0.1, 0.15) is 10.7 Å². The summed E-state index contributed by atoms with van der Waals surface area (Å²) in [5, 5.41) is 3.02. The van der Waals surface area contributed by atoms with Crippen LogP contribution in [0.3, 0.4) is 0 Å². The number of piperazine rings is 1. The Balaban J connectivity index is 0.00000192. The Morgan fingerprint density at radius 2 is 1.96 bits per heavy atom. The minimum absolute atomic E-state index is 0. The lowest BCUT2D eigenvalue weighted by Crippen LogP contribution is -2.51. The van der Waals surface area contributed by atoms with Crippen LogP contribution in [0.2, 0.25) is 0 Å². The van der Waals surface area contributed by atoms with Gasteiger partial charge in [-0.15, -0.1) is 35.3 Å². The number of guanidine groups is 1. The van der Waals surface area contributed by atoms with Gasteiger partial charge in [0.25, 0.3) is 0 Å². The van der Waals surface area contributed by atoms with E-state index in [0.717, 1.165) is 42.8 Å². The van der Waals surface area contributed by atoms with Crippen LogP contribution in [0.25, 0.3) is 0 Å². The molecule has 0 atom stereocenters. The molecule has 2 aromatic heterocycles. The third-order valence-corrected chi connectivity index (χ3v) is 4.43. The largest absolute Gasteiger partial charge is 0.370 e.